The molecule has 0 fully saturated rings. The van der Waals surface area contributed by atoms with Crippen LogP contribution in [0.25, 0.3) is 10.9 Å². The van der Waals surface area contributed by atoms with E-state index in [9.17, 15) is 9.18 Å². The third-order valence-electron chi connectivity index (χ3n) is 3.20. The second-order valence-electron chi connectivity index (χ2n) is 4.71. The molecule has 0 aliphatic rings. The Morgan fingerprint density at radius 2 is 2.26 bits per heavy atom. The van der Waals surface area contributed by atoms with Gasteiger partial charge >= 0.3 is 0 Å². The van der Waals surface area contributed by atoms with Gasteiger partial charge in [0.05, 0.1) is 0 Å². The molecule has 0 unspecified atom stereocenters. The van der Waals surface area contributed by atoms with E-state index in [1.807, 2.05) is 6.20 Å². The summed E-state index contributed by atoms with van der Waals surface area (Å²) in [5.74, 6) is -0.145. The maximum Gasteiger partial charge on any atom is 0.220 e. The Labute approximate surface area is 112 Å². The number of unbranched alkanes of at least 4 members (excludes halogenated alkanes) is 1. The number of hydrogen-bond donors (Lipinski definition) is 2. The van der Waals surface area contributed by atoms with Gasteiger partial charge < -0.3 is 10.3 Å². The van der Waals surface area contributed by atoms with E-state index >= 15 is 0 Å². The second kappa shape index (κ2) is 6.36. The summed E-state index contributed by atoms with van der Waals surface area (Å²) in [6.45, 7) is 2.65. The van der Waals surface area contributed by atoms with Crippen LogP contribution in [0, 0.1) is 5.82 Å². The molecule has 0 saturated heterocycles. The van der Waals surface area contributed by atoms with Gasteiger partial charge in [-0.1, -0.05) is 13.3 Å². The fraction of sp³-hybridized carbons (Fsp3) is 0.400. The SMILES string of the molecule is CCCCC(=O)NCCc1c[nH]c2ccc(F)cc12. The number of fused-ring (bicyclic) bond motifs is 1. The number of nitrogens with one attached hydrogen (secondary N) is 2. The largest absolute Gasteiger partial charge is 0.361 e. The summed E-state index contributed by atoms with van der Waals surface area (Å²) < 4.78 is 13.2. The number of carbonyl (C=O) groups excluding carboxylic acids is 1. The molecule has 4 heteroatoms. The van der Waals surface area contributed by atoms with E-state index in [2.05, 4.69) is 17.2 Å². The van der Waals surface area contributed by atoms with Crippen molar-refractivity contribution in [3.05, 3.63) is 35.8 Å². The minimum Gasteiger partial charge on any atom is -0.361 e. The number of hydrogen-bond acceptors (Lipinski definition) is 1. The zero-order valence-corrected chi connectivity index (χ0v) is 11.1. The number of carbonyl (C=O) groups is 1. The molecule has 2 aromatic rings. The first kappa shape index (κ1) is 13.6. The number of benzene rings is 1. The Balaban J connectivity index is 1.91. The molecule has 2 N–H and O–H groups in total. The van der Waals surface area contributed by atoms with Gasteiger partial charge in [-0.25, -0.2) is 4.39 Å². The average molecular weight is 262 g/mol. The maximum absolute atomic E-state index is 13.2. The molecule has 1 heterocycles. The van der Waals surface area contributed by atoms with Gasteiger partial charge in [0.1, 0.15) is 5.82 Å². The Hall–Kier alpha value is -1.84. The lowest BCUT2D eigenvalue weighted by Gasteiger charge is -2.04. The van der Waals surface area contributed by atoms with Crippen LogP contribution in [0.2, 0.25) is 0 Å². The van der Waals surface area contributed by atoms with E-state index in [1.165, 1.54) is 12.1 Å². The third kappa shape index (κ3) is 3.56. The van der Waals surface area contributed by atoms with Crippen molar-refractivity contribution >= 4 is 16.8 Å². The molecule has 0 aliphatic heterocycles. The molecule has 0 aliphatic carbocycles. The zero-order valence-electron chi connectivity index (χ0n) is 11.1. The summed E-state index contributed by atoms with van der Waals surface area (Å²) in [5.41, 5.74) is 1.96. The standard InChI is InChI=1S/C15H19FN2O/c1-2-3-4-15(19)17-8-7-11-10-18-14-6-5-12(16)9-13(11)14/h5-6,9-10,18H,2-4,7-8H2,1H3,(H,17,19). The van der Waals surface area contributed by atoms with Crippen LogP contribution in [0.1, 0.15) is 31.7 Å². The average Bonchev–Trinajstić information content (AvgIpc) is 2.79. The van der Waals surface area contributed by atoms with Crippen molar-refractivity contribution in [3.8, 4) is 0 Å². The van der Waals surface area contributed by atoms with Crippen molar-refractivity contribution < 1.29 is 9.18 Å². The predicted octanol–water partition coefficient (Wildman–Crippen LogP) is 3.16. The molecule has 102 valence electrons. The topological polar surface area (TPSA) is 44.9 Å². The Bertz CT molecular complexity index is 562. The van der Waals surface area contributed by atoms with Gasteiger partial charge in [-0.15, -0.1) is 0 Å². The van der Waals surface area contributed by atoms with Crippen molar-refractivity contribution in [1.29, 1.82) is 0 Å². The van der Waals surface area contributed by atoms with Crippen LogP contribution in [0.5, 0.6) is 0 Å². The van der Waals surface area contributed by atoms with Crippen molar-refractivity contribution in [2.24, 2.45) is 0 Å². The fourth-order valence-electron chi connectivity index (χ4n) is 2.12. The molecule has 0 atom stereocenters. The Kier molecular flexibility index (Phi) is 4.55. The number of amides is 1. The number of rotatable bonds is 6. The first-order chi connectivity index (χ1) is 9.20. The molecular weight excluding hydrogens is 243 g/mol. The van der Waals surface area contributed by atoms with Gasteiger partial charge in [0.25, 0.3) is 0 Å². The lowest BCUT2D eigenvalue weighted by Crippen LogP contribution is -2.25. The van der Waals surface area contributed by atoms with Gasteiger partial charge in [-0.2, -0.15) is 0 Å². The van der Waals surface area contributed by atoms with E-state index < -0.39 is 0 Å². The van der Waals surface area contributed by atoms with Gasteiger partial charge in [-0.05, 0) is 36.6 Å². The predicted molar refractivity (Wildman–Crippen MR) is 74.5 cm³/mol. The summed E-state index contributed by atoms with van der Waals surface area (Å²) >= 11 is 0. The van der Waals surface area contributed by atoms with Crippen LogP contribution in [-0.2, 0) is 11.2 Å². The quantitative estimate of drug-likeness (QED) is 0.825. The monoisotopic (exact) mass is 262 g/mol. The minimum atomic E-state index is -0.236. The zero-order chi connectivity index (χ0) is 13.7. The first-order valence-corrected chi connectivity index (χ1v) is 6.73. The molecule has 0 bridgehead atoms. The highest BCUT2D eigenvalue weighted by molar-refractivity contribution is 5.83. The van der Waals surface area contributed by atoms with Gasteiger partial charge in [-0.3, -0.25) is 4.79 Å². The molecule has 1 aromatic heterocycles. The van der Waals surface area contributed by atoms with E-state index in [0.717, 1.165) is 29.3 Å². The first-order valence-electron chi connectivity index (χ1n) is 6.73. The number of aromatic amines is 1. The lowest BCUT2D eigenvalue weighted by atomic mass is 10.1. The summed E-state index contributed by atoms with van der Waals surface area (Å²) in [5, 5.41) is 3.78. The van der Waals surface area contributed by atoms with Crippen LogP contribution in [0.15, 0.2) is 24.4 Å². The number of halogens is 1. The number of aromatic nitrogens is 1. The Morgan fingerprint density at radius 1 is 1.42 bits per heavy atom. The van der Waals surface area contributed by atoms with Gasteiger partial charge in [0.2, 0.25) is 5.91 Å². The summed E-state index contributed by atoms with van der Waals surface area (Å²) in [6, 6.07) is 4.70. The van der Waals surface area contributed by atoms with Gasteiger partial charge in [0, 0.05) is 30.1 Å². The molecular formula is C15H19FN2O. The van der Waals surface area contributed by atoms with E-state index in [4.69, 9.17) is 0 Å². The number of H-pyrrole nitrogens is 1. The summed E-state index contributed by atoms with van der Waals surface area (Å²) in [7, 11) is 0. The van der Waals surface area contributed by atoms with Crippen molar-refractivity contribution in [3.63, 3.8) is 0 Å². The molecule has 0 saturated carbocycles. The van der Waals surface area contributed by atoms with Crippen molar-refractivity contribution in [1.82, 2.24) is 10.3 Å². The molecule has 19 heavy (non-hydrogen) atoms. The molecule has 1 aromatic carbocycles. The van der Waals surface area contributed by atoms with Crippen molar-refractivity contribution in [2.75, 3.05) is 6.54 Å². The molecule has 1 amide bonds. The van der Waals surface area contributed by atoms with Crippen LogP contribution in [-0.4, -0.2) is 17.4 Å². The Morgan fingerprint density at radius 3 is 3.05 bits per heavy atom. The highest BCUT2D eigenvalue weighted by Gasteiger charge is 2.05. The van der Waals surface area contributed by atoms with Gasteiger partial charge in [0.15, 0.2) is 0 Å². The highest BCUT2D eigenvalue weighted by atomic mass is 19.1. The smallest absolute Gasteiger partial charge is 0.220 e. The van der Waals surface area contributed by atoms with Crippen LogP contribution >= 0.6 is 0 Å². The molecule has 2 rings (SSSR count). The van der Waals surface area contributed by atoms with Crippen LogP contribution in [0.4, 0.5) is 4.39 Å². The molecule has 3 nitrogen and oxygen atoms in total. The third-order valence-corrected chi connectivity index (χ3v) is 3.20. The van der Waals surface area contributed by atoms with Crippen LogP contribution < -0.4 is 5.32 Å². The van der Waals surface area contributed by atoms with E-state index in [1.54, 1.807) is 6.07 Å². The molecule has 0 radical (unpaired) electrons. The maximum atomic E-state index is 13.2. The van der Waals surface area contributed by atoms with Crippen LogP contribution in [0.3, 0.4) is 0 Å². The summed E-state index contributed by atoms with van der Waals surface area (Å²) in [6.07, 6.45) is 5.11. The van der Waals surface area contributed by atoms with E-state index in [0.29, 0.717) is 19.4 Å². The van der Waals surface area contributed by atoms with Crippen molar-refractivity contribution in [2.45, 2.75) is 32.6 Å². The normalized spacial score (nSPS) is 10.8. The van der Waals surface area contributed by atoms with E-state index in [-0.39, 0.29) is 11.7 Å². The molecule has 0 spiro atoms. The minimum absolute atomic E-state index is 0.0906. The lowest BCUT2D eigenvalue weighted by molar-refractivity contribution is -0.121. The highest BCUT2D eigenvalue weighted by Crippen LogP contribution is 2.19. The summed E-state index contributed by atoms with van der Waals surface area (Å²) in [4.78, 5) is 14.6. The second-order valence-corrected chi connectivity index (χ2v) is 4.71. The fourth-order valence-corrected chi connectivity index (χ4v) is 2.12.